The van der Waals surface area contributed by atoms with Gasteiger partial charge in [0, 0.05) is 39.1 Å². The SMILES string of the molecule is CN(CCc1ccncc1)c1cnnc(N2CCOCC2)n1. The minimum Gasteiger partial charge on any atom is -0.378 e. The number of anilines is 2. The molecule has 0 saturated carbocycles. The van der Waals surface area contributed by atoms with Gasteiger partial charge in [0.25, 0.3) is 0 Å². The summed E-state index contributed by atoms with van der Waals surface area (Å²) in [6.07, 6.45) is 6.28. The van der Waals surface area contributed by atoms with Crippen LogP contribution in [0.25, 0.3) is 0 Å². The van der Waals surface area contributed by atoms with Crippen LogP contribution in [0.3, 0.4) is 0 Å². The molecule has 1 fully saturated rings. The van der Waals surface area contributed by atoms with Gasteiger partial charge in [0.1, 0.15) is 0 Å². The van der Waals surface area contributed by atoms with Crippen molar-refractivity contribution in [1.82, 2.24) is 20.2 Å². The zero-order valence-corrected chi connectivity index (χ0v) is 12.7. The summed E-state index contributed by atoms with van der Waals surface area (Å²) in [5.74, 6) is 1.52. The number of ether oxygens (including phenoxy) is 1. The van der Waals surface area contributed by atoms with E-state index in [1.54, 1.807) is 6.20 Å². The number of hydrogen-bond donors (Lipinski definition) is 0. The van der Waals surface area contributed by atoms with Crippen LogP contribution in [-0.2, 0) is 11.2 Å². The summed E-state index contributed by atoms with van der Waals surface area (Å²) in [6, 6.07) is 4.07. The Morgan fingerprint density at radius 1 is 1.23 bits per heavy atom. The molecule has 0 amide bonds. The van der Waals surface area contributed by atoms with Gasteiger partial charge in [-0.25, -0.2) is 0 Å². The van der Waals surface area contributed by atoms with Crippen LogP contribution in [-0.4, -0.2) is 60.1 Å². The molecule has 0 unspecified atom stereocenters. The lowest BCUT2D eigenvalue weighted by atomic mass is 10.2. The molecule has 116 valence electrons. The van der Waals surface area contributed by atoms with E-state index in [1.165, 1.54) is 5.56 Å². The van der Waals surface area contributed by atoms with Crippen molar-refractivity contribution in [3.05, 3.63) is 36.3 Å². The number of aromatic nitrogens is 4. The largest absolute Gasteiger partial charge is 0.378 e. The minimum atomic E-state index is 0.677. The fourth-order valence-corrected chi connectivity index (χ4v) is 2.33. The molecule has 0 bridgehead atoms. The Kier molecular flexibility index (Phi) is 4.75. The van der Waals surface area contributed by atoms with Crippen LogP contribution in [0.1, 0.15) is 5.56 Å². The van der Waals surface area contributed by atoms with E-state index in [9.17, 15) is 0 Å². The van der Waals surface area contributed by atoms with Crippen LogP contribution in [0.4, 0.5) is 11.8 Å². The smallest absolute Gasteiger partial charge is 0.247 e. The van der Waals surface area contributed by atoms with E-state index in [2.05, 4.69) is 30.0 Å². The number of pyridine rings is 1. The zero-order chi connectivity index (χ0) is 15.2. The molecule has 0 N–H and O–H groups in total. The predicted molar refractivity (Wildman–Crippen MR) is 84.1 cm³/mol. The minimum absolute atomic E-state index is 0.677. The van der Waals surface area contributed by atoms with Gasteiger partial charge < -0.3 is 14.5 Å². The molecule has 7 heteroatoms. The van der Waals surface area contributed by atoms with Gasteiger partial charge >= 0.3 is 0 Å². The van der Waals surface area contributed by atoms with Crippen molar-refractivity contribution in [2.75, 3.05) is 49.7 Å². The average molecular weight is 300 g/mol. The third kappa shape index (κ3) is 3.67. The maximum absolute atomic E-state index is 5.35. The monoisotopic (exact) mass is 300 g/mol. The zero-order valence-electron chi connectivity index (χ0n) is 12.7. The second kappa shape index (κ2) is 7.13. The number of nitrogens with zero attached hydrogens (tertiary/aromatic N) is 6. The quantitative estimate of drug-likeness (QED) is 0.808. The lowest BCUT2D eigenvalue weighted by Gasteiger charge is -2.27. The standard InChI is InChI=1S/C15H20N6O/c1-20(7-4-13-2-5-16-6-3-13)14-12-17-19-15(18-14)21-8-10-22-11-9-21/h2-3,5-6,12H,4,7-11H2,1H3. The fraction of sp³-hybridized carbons (Fsp3) is 0.467. The molecule has 0 radical (unpaired) electrons. The Morgan fingerprint density at radius 2 is 2.00 bits per heavy atom. The van der Waals surface area contributed by atoms with Gasteiger partial charge in [0.15, 0.2) is 5.82 Å². The van der Waals surface area contributed by atoms with Crippen molar-refractivity contribution in [2.24, 2.45) is 0 Å². The summed E-state index contributed by atoms with van der Waals surface area (Å²) in [4.78, 5) is 12.9. The van der Waals surface area contributed by atoms with E-state index >= 15 is 0 Å². The summed E-state index contributed by atoms with van der Waals surface area (Å²) in [6.45, 7) is 3.92. The first-order valence-corrected chi connectivity index (χ1v) is 7.45. The number of likely N-dealkylation sites (N-methyl/N-ethyl adjacent to an activating group) is 1. The first-order valence-electron chi connectivity index (χ1n) is 7.45. The molecule has 0 spiro atoms. The van der Waals surface area contributed by atoms with E-state index in [-0.39, 0.29) is 0 Å². The summed E-state index contributed by atoms with van der Waals surface area (Å²) in [5, 5.41) is 8.23. The predicted octanol–water partition coefficient (Wildman–Crippen LogP) is 0.782. The van der Waals surface area contributed by atoms with Crippen LogP contribution >= 0.6 is 0 Å². The maximum Gasteiger partial charge on any atom is 0.247 e. The van der Waals surface area contributed by atoms with Crippen molar-refractivity contribution in [2.45, 2.75) is 6.42 Å². The van der Waals surface area contributed by atoms with Gasteiger partial charge in [-0.3, -0.25) is 4.98 Å². The van der Waals surface area contributed by atoms with Gasteiger partial charge in [-0.15, -0.1) is 5.10 Å². The summed E-state index contributed by atoms with van der Waals surface area (Å²) in [5.41, 5.74) is 1.26. The highest BCUT2D eigenvalue weighted by molar-refractivity contribution is 5.41. The van der Waals surface area contributed by atoms with Crippen molar-refractivity contribution >= 4 is 11.8 Å². The Morgan fingerprint density at radius 3 is 2.77 bits per heavy atom. The molecular weight excluding hydrogens is 280 g/mol. The van der Waals surface area contributed by atoms with Crippen LogP contribution < -0.4 is 9.80 Å². The van der Waals surface area contributed by atoms with E-state index in [0.717, 1.165) is 31.9 Å². The van der Waals surface area contributed by atoms with Crippen molar-refractivity contribution < 1.29 is 4.74 Å². The number of morpholine rings is 1. The molecule has 2 aromatic heterocycles. The van der Waals surface area contributed by atoms with Gasteiger partial charge in [-0.2, -0.15) is 10.1 Å². The highest BCUT2D eigenvalue weighted by Gasteiger charge is 2.15. The molecule has 1 saturated heterocycles. The van der Waals surface area contributed by atoms with Gasteiger partial charge in [0.05, 0.1) is 19.4 Å². The Hall–Kier alpha value is -2.28. The van der Waals surface area contributed by atoms with Crippen molar-refractivity contribution in [1.29, 1.82) is 0 Å². The maximum atomic E-state index is 5.35. The first kappa shape index (κ1) is 14.6. The van der Waals surface area contributed by atoms with Gasteiger partial charge in [-0.1, -0.05) is 0 Å². The molecule has 0 aromatic carbocycles. The second-order valence-electron chi connectivity index (χ2n) is 5.24. The number of hydrogen-bond acceptors (Lipinski definition) is 7. The molecule has 0 atom stereocenters. The fourth-order valence-electron chi connectivity index (χ4n) is 2.33. The molecular formula is C15H20N6O. The third-order valence-electron chi connectivity index (χ3n) is 3.71. The molecule has 2 aromatic rings. The molecule has 22 heavy (non-hydrogen) atoms. The van der Waals surface area contributed by atoms with Crippen molar-refractivity contribution in [3.63, 3.8) is 0 Å². The summed E-state index contributed by atoms with van der Waals surface area (Å²) in [7, 11) is 2.02. The van der Waals surface area contributed by atoms with Gasteiger partial charge in [-0.05, 0) is 24.1 Å². The molecule has 1 aliphatic rings. The van der Waals surface area contributed by atoms with Crippen LogP contribution in [0.2, 0.25) is 0 Å². The summed E-state index contributed by atoms with van der Waals surface area (Å²) >= 11 is 0. The molecule has 7 nitrogen and oxygen atoms in total. The first-order chi connectivity index (χ1) is 10.8. The Labute approximate surface area is 130 Å². The van der Waals surface area contributed by atoms with Gasteiger partial charge in [0.2, 0.25) is 5.95 Å². The second-order valence-corrected chi connectivity index (χ2v) is 5.24. The topological polar surface area (TPSA) is 67.3 Å². The molecule has 1 aliphatic heterocycles. The van der Waals surface area contributed by atoms with Crippen LogP contribution in [0, 0.1) is 0 Å². The highest BCUT2D eigenvalue weighted by Crippen LogP contribution is 2.14. The van der Waals surface area contributed by atoms with E-state index in [0.29, 0.717) is 19.2 Å². The van der Waals surface area contributed by atoms with E-state index in [1.807, 2.05) is 31.6 Å². The molecule has 3 heterocycles. The Bertz CT molecular complexity index is 588. The van der Waals surface area contributed by atoms with E-state index < -0.39 is 0 Å². The Balaban J connectivity index is 1.63. The summed E-state index contributed by atoms with van der Waals surface area (Å²) < 4.78 is 5.35. The van der Waals surface area contributed by atoms with Crippen molar-refractivity contribution in [3.8, 4) is 0 Å². The van der Waals surface area contributed by atoms with Crippen LogP contribution in [0.15, 0.2) is 30.7 Å². The number of rotatable bonds is 5. The van der Waals surface area contributed by atoms with Crippen LogP contribution in [0.5, 0.6) is 0 Å². The van der Waals surface area contributed by atoms with E-state index in [4.69, 9.17) is 4.74 Å². The highest BCUT2D eigenvalue weighted by atomic mass is 16.5. The molecule has 3 rings (SSSR count). The third-order valence-corrected chi connectivity index (χ3v) is 3.71. The lowest BCUT2D eigenvalue weighted by Crippen LogP contribution is -2.37. The normalized spacial score (nSPS) is 14.9. The molecule has 0 aliphatic carbocycles. The average Bonchev–Trinajstić information content (AvgIpc) is 2.61. The lowest BCUT2D eigenvalue weighted by molar-refractivity contribution is 0.122.